The van der Waals surface area contributed by atoms with Gasteiger partial charge in [0.2, 0.25) is 0 Å². The van der Waals surface area contributed by atoms with Gasteiger partial charge in [0.25, 0.3) is 6.29 Å². The van der Waals surface area contributed by atoms with Gasteiger partial charge in [0, 0.05) is 31.7 Å². The average Bonchev–Trinajstić information content (AvgIpc) is 3.06. The van der Waals surface area contributed by atoms with Crippen molar-refractivity contribution in [3.05, 3.63) is 59.9 Å². The number of benzene rings is 2. The lowest BCUT2D eigenvalue weighted by Gasteiger charge is -2.34. The smallest absolute Gasteiger partial charge is 0.254 e. The molecule has 0 aromatic heterocycles. The Morgan fingerprint density at radius 3 is 2.12 bits per heavy atom. The number of ether oxygens (including phenoxy) is 2. The summed E-state index contributed by atoms with van der Waals surface area (Å²) in [6.07, 6.45) is -0.278. The zero-order chi connectivity index (χ0) is 17.9. The van der Waals surface area contributed by atoms with E-state index in [1.165, 1.54) is 12.1 Å². The molecule has 2 aromatic carbocycles. The second kappa shape index (κ2) is 7.43. The van der Waals surface area contributed by atoms with E-state index in [-0.39, 0.29) is 17.9 Å². The quantitative estimate of drug-likeness (QED) is 0.770. The number of hydrogen-bond acceptors (Lipinski definition) is 5. The van der Waals surface area contributed by atoms with Crippen molar-refractivity contribution in [2.45, 2.75) is 6.29 Å². The third-order valence-corrected chi connectivity index (χ3v) is 4.77. The van der Waals surface area contributed by atoms with Crippen LogP contribution in [0.2, 0.25) is 0 Å². The molecule has 1 fully saturated rings. The van der Waals surface area contributed by atoms with Gasteiger partial charge in [-0.25, -0.2) is 4.39 Å². The molecular weight excluding hydrogens is 335 g/mol. The lowest BCUT2D eigenvalue weighted by atomic mass is 10.1. The number of fused-ring (bicyclic) bond motifs is 1. The van der Waals surface area contributed by atoms with Crippen LogP contribution in [0.15, 0.2) is 48.5 Å². The predicted octanol–water partition coefficient (Wildman–Crippen LogP) is 2.42. The van der Waals surface area contributed by atoms with Crippen molar-refractivity contribution in [2.75, 3.05) is 39.3 Å². The number of halogens is 1. The Labute approximate surface area is 151 Å². The van der Waals surface area contributed by atoms with Crippen molar-refractivity contribution in [3.8, 4) is 11.5 Å². The first kappa shape index (κ1) is 17.0. The maximum Gasteiger partial charge on any atom is 0.254 e. The molecule has 2 aliphatic rings. The van der Waals surface area contributed by atoms with E-state index in [1.54, 1.807) is 12.1 Å². The molecule has 0 aliphatic carbocycles. The molecule has 4 rings (SSSR count). The van der Waals surface area contributed by atoms with E-state index in [9.17, 15) is 9.18 Å². The highest BCUT2D eigenvalue weighted by molar-refractivity contribution is 5.97. The highest BCUT2D eigenvalue weighted by Crippen LogP contribution is 2.34. The van der Waals surface area contributed by atoms with E-state index in [0.29, 0.717) is 18.7 Å². The van der Waals surface area contributed by atoms with E-state index < -0.39 is 0 Å². The monoisotopic (exact) mass is 356 g/mol. The first-order chi connectivity index (χ1) is 12.7. The molecule has 26 heavy (non-hydrogen) atoms. The lowest BCUT2D eigenvalue weighted by molar-refractivity contribution is 0.00181. The lowest BCUT2D eigenvalue weighted by Crippen LogP contribution is -2.50. The fourth-order valence-electron chi connectivity index (χ4n) is 3.30. The van der Waals surface area contributed by atoms with Crippen LogP contribution in [0, 0.1) is 5.82 Å². The van der Waals surface area contributed by atoms with E-state index in [0.717, 1.165) is 37.7 Å². The molecule has 136 valence electrons. The summed E-state index contributed by atoms with van der Waals surface area (Å²) in [5.74, 6) is 1.28. The number of nitrogens with zero attached hydrogens (tertiary/aromatic N) is 2. The Hall–Kier alpha value is -2.44. The molecule has 0 amide bonds. The summed E-state index contributed by atoms with van der Waals surface area (Å²) in [5.41, 5.74) is 0.555. The molecule has 1 saturated heterocycles. The summed E-state index contributed by atoms with van der Waals surface area (Å²) in [6, 6.07) is 13.4. The van der Waals surface area contributed by atoms with Gasteiger partial charge in [0.1, 0.15) is 5.82 Å². The van der Waals surface area contributed by atoms with Crippen molar-refractivity contribution in [3.63, 3.8) is 0 Å². The van der Waals surface area contributed by atoms with Crippen LogP contribution >= 0.6 is 0 Å². The van der Waals surface area contributed by atoms with Gasteiger partial charge in [-0.3, -0.25) is 14.6 Å². The highest BCUT2D eigenvalue weighted by atomic mass is 19.1. The normalized spacial score (nSPS) is 18.2. The molecule has 0 saturated carbocycles. The second-order valence-corrected chi connectivity index (χ2v) is 6.62. The molecule has 6 heteroatoms. The number of hydrogen-bond donors (Lipinski definition) is 0. The molecule has 5 nitrogen and oxygen atoms in total. The largest absolute Gasteiger partial charge is 0.450 e. The van der Waals surface area contributed by atoms with Crippen molar-refractivity contribution in [1.82, 2.24) is 9.80 Å². The van der Waals surface area contributed by atoms with Crippen LogP contribution in [0.25, 0.3) is 0 Å². The Bertz CT molecular complexity index is 748. The number of Topliss-reactive ketones (excluding diaryl/α,β-unsaturated/α-hetero) is 1. The van der Waals surface area contributed by atoms with Gasteiger partial charge in [-0.05, 0) is 36.4 Å². The van der Waals surface area contributed by atoms with Gasteiger partial charge in [0.05, 0.1) is 13.1 Å². The standard InChI is InChI=1S/C20H21FN2O3/c21-16-7-5-15(6-8-16)17(24)13-22-9-11-23(12-10-22)14-20-25-18-3-1-2-4-19(18)26-20/h1-8,20H,9-14H2. The first-order valence-corrected chi connectivity index (χ1v) is 8.83. The van der Waals surface area contributed by atoms with Crippen molar-refractivity contribution < 1.29 is 18.7 Å². The van der Waals surface area contributed by atoms with Crippen LogP contribution in [0.5, 0.6) is 11.5 Å². The maximum atomic E-state index is 13.0. The summed E-state index contributed by atoms with van der Waals surface area (Å²) >= 11 is 0. The van der Waals surface area contributed by atoms with Gasteiger partial charge < -0.3 is 9.47 Å². The van der Waals surface area contributed by atoms with E-state index in [2.05, 4.69) is 9.80 Å². The van der Waals surface area contributed by atoms with Crippen LogP contribution in [0.4, 0.5) is 4.39 Å². The number of rotatable bonds is 5. The summed E-state index contributed by atoms with van der Waals surface area (Å²) < 4.78 is 24.6. The Balaban J connectivity index is 1.23. The van der Waals surface area contributed by atoms with Gasteiger partial charge in [-0.15, -0.1) is 0 Å². The Morgan fingerprint density at radius 1 is 0.923 bits per heavy atom. The van der Waals surface area contributed by atoms with Crippen LogP contribution in [-0.2, 0) is 0 Å². The molecule has 0 bridgehead atoms. The fourth-order valence-corrected chi connectivity index (χ4v) is 3.30. The SMILES string of the molecule is O=C(CN1CCN(CC2Oc3ccccc3O2)CC1)c1ccc(F)cc1. The highest BCUT2D eigenvalue weighted by Gasteiger charge is 2.28. The summed E-state index contributed by atoms with van der Waals surface area (Å²) in [7, 11) is 0. The molecule has 2 heterocycles. The van der Waals surface area contributed by atoms with Crippen LogP contribution < -0.4 is 9.47 Å². The molecule has 2 aliphatic heterocycles. The van der Waals surface area contributed by atoms with E-state index in [1.807, 2.05) is 24.3 Å². The Morgan fingerprint density at radius 2 is 1.50 bits per heavy atom. The van der Waals surface area contributed by atoms with E-state index in [4.69, 9.17) is 9.47 Å². The fraction of sp³-hybridized carbons (Fsp3) is 0.350. The number of ketones is 1. The minimum Gasteiger partial charge on any atom is -0.450 e. The number of carbonyl (C=O) groups excluding carboxylic acids is 1. The van der Waals surface area contributed by atoms with Crippen molar-refractivity contribution in [1.29, 1.82) is 0 Å². The predicted molar refractivity (Wildman–Crippen MR) is 95.1 cm³/mol. The molecular formula is C20H21FN2O3. The Kier molecular flexibility index (Phi) is 4.86. The molecule has 0 atom stereocenters. The van der Waals surface area contributed by atoms with Gasteiger partial charge in [0.15, 0.2) is 17.3 Å². The van der Waals surface area contributed by atoms with Crippen LogP contribution in [0.1, 0.15) is 10.4 Å². The summed E-state index contributed by atoms with van der Waals surface area (Å²) in [4.78, 5) is 16.7. The third-order valence-electron chi connectivity index (χ3n) is 4.77. The molecule has 0 radical (unpaired) electrons. The number of carbonyl (C=O) groups is 1. The number of para-hydroxylation sites is 2. The zero-order valence-corrected chi connectivity index (χ0v) is 14.4. The van der Waals surface area contributed by atoms with Gasteiger partial charge in [-0.1, -0.05) is 12.1 Å². The number of piperazine rings is 1. The van der Waals surface area contributed by atoms with Crippen molar-refractivity contribution >= 4 is 5.78 Å². The van der Waals surface area contributed by atoms with Crippen LogP contribution in [0.3, 0.4) is 0 Å². The van der Waals surface area contributed by atoms with Gasteiger partial charge >= 0.3 is 0 Å². The summed E-state index contributed by atoms with van der Waals surface area (Å²) in [5, 5.41) is 0. The van der Waals surface area contributed by atoms with Crippen molar-refractivity contribution in [2.24, 2.45) is 0 Å². The average molecular weight is 356 g/mol. The minimum atomic E-state index is -0.325. The molecule has 2 aromatic rings. The third kappa shape index (κ3) is 3.86. The van der Waals surface area contributed by atoms with Gasteiger partial charge in [-0.2, -0.15) is 0 Å². The second-order valence-electron chi connectivity index (χ2n) is 6.62. The topological polar surface area (TPSA) is 42.0 Å². The first-order valence-electron chi connectivity index (χ1n) is 8.83. The summed E-state index contributed by atoms with van der Waals surface area (Å²) in [6.45, 7) is 4.40. The molecule has 0 unspecified atom stereocenters. The maximum absolute atomic E-state index is 13.0. The minimum absolute atomic E-state index is 0.0244. The zero-order valence-electron chi connectivity index (χ0n) is 14.4. The van der Waals surface area contributed by atoms with Crippen LogP contribution in [-0.4, -0.2) is 61.1 Å². The van der Waals surface area contributed by atoms with E-state index >= 15 is 0 Å². The molecule has 0 spiro atoms. The molecule has 0 N–H and O–H groups in total.